The molecule has 0 aliphatic carbocycles. The van der Waals surface area contributed by atoms with Gasteiger partial charge < -0.3 is 10.8 Å². The van der Waals surface area contributed by atoms with Crippen molar-refractivity contribution in [3.8, 4) is 0 Å². The van der Waals surface area contributed by atoms with Crippen LogP contribution in [0.5, 0.6) is 0 Å². The topological polar surface area (TPSA) is 72.0 Å². The van der Waals surface area contributed by atoms with Crippen LogP contribution >= 0.6 is 0 Å². The minimum absolute atomic E-state index is 0.0928. The summed E-state index contributed by atoms with van der Waals surface area (Å²) in [5.74, 6) is 0. The van der Waals surface area contributed by atoms with E-state index in [4.69, 9.17) is 10.8 Å². The summed E-state index contributed by atoms with van der Waals surface area (Å²) < 4.78 is 0. The first-order valence-corrected chi connectivity index (χ1v) is 4.87. The average Bonchev–Trinajstić information content (AvgIpc) is 2.29. The van der Waals surface area contributed by atoms with E-state index < -0.39 is 0 Å². The van der Waals surface area contributed by atoms with Crippen LogP contribution < -0.4 is 5.73 Å². The lowest BCUT2D eigenvalue weighted by Gasteiger charge is -2.10. The Hall–Kier alpha value is -1.52. The van der Waals surface area contributed by atoms with Crippen LogP contribution in [0.3, 0.4) is 0 Å². The van der Waals surface area contributed by atoms with Crippen LogP contribution in [0.25, 0.3) is 10.9 Å². The van der Waals surface area contributed by atoms with Gasteiger partial charge in [-0.1, -0.05) is 0 Å². The molecule has 0 aliphatic heterocycles. The van der Waals surface area contributed by atoms with Crippen molar-refractivity contribution in [3.05, 3.63) is 36.3 Å². The Morgan fingerprint density at radius 2 is 2.27 bits per heavy atom. The number of nitrogens with two attached hydrogens (primary N) is 1. The third-order valence-corrected chi connectivity index (χ3v) is 2.38. The Bertz CT molecular complexity index is 458. The zero-order chi connectivity index (χ0) is 10.7. The maximum absolute atomic E-state index is 8.80. The number of hydrogen-bond donors (Lipinski definition) is 2. The molecule has 4 heteroatoms. The van der Waals surface area contributed by atoms with Crippen molar-refractivity contribution in [2.75, 3.05) is 6.61 Å². The van der Waals surface area contributed by atoms with E-state index in [0.717, 1.165) is 16.5 Å². The van der Waals surface area contributed by atoms with Gasteiger partial charge in [-0.15, -0.1) is 0 Å². The van der Waals surface area contributed by atoms with Gasteiger partial charge in [0.05, 0.1) is 11.7 Å². The van der Waals surface area contributed by atoms with E-state index in [1.807, 2.05) is 12.1 Å². The molecule has 0 radical (unpaired) electrons. The van der Waals surface area contributed by atoms with Crippen LogP contribution in [0.4, 0.5) is 0 Å². The first kappa shape index (κ1) is 10.0. The van der Waals surface area contributed by atoms with Crippen molar-refractivity contribution in [2.45, 2.75) is 12.5 Å². The fourth-order valence-corrected chi connectivity index (χ4v) is 1.50. The second-order valence-electron chi connectivity index (χ2n) is 3.46. The molecule has 0 amide bonds. The molecule has 0 aromatic carbocycles. The Morgan fingerprint density at radius 3 is 3.07 bits per heavy atom. The molecule has 2 rings (SSSR count). The molecule has 0 saturated carbocycles. The van der Waals surface area contributed by atoms with Crippen LogP contribution in [0.2, 0.25) is 0 Å². The van der Waals surface area contributed by atoms with Crippen molar-refractivity contribution < 1.29 is 5.11 Å². The van der Waals surface area contributed by atoms with Crippen molar-refractivity contribution in [2.24, 2.45) is 5.73 Å². The number of rotatable bonds is 3. The molecule has 0 bridgehead atoms. The van der Waals surface area contributed by atoms with E-state index in [1.165, 1.54) is 0 Å². The number of nitrogens with zero attached hydrogens (tertiary/aromatic N) is 2. The van der Waals surface area contributed by atoms with E-state index >= 15 is 0 Å². The lowest BCUT2D eigenvalue weighted by molar-refractivity contribution is 0.276. The molecule has 0 fully saturated rings. The molecule has 2 aromatic heterocycles. The molecular formula is C11H13N3O. The molecule has 0 spiro atoms. The molecule has 4 nitrogen and oxygen atoms in total. The molecule has 0 aliphatic rings. The van der Waals surface area contributed by atoms with Crippen LogP contribution in [-0.4, -0.2) is 21.7 Å². The zero-order valence-electron chi connectivity index (χ0n) is 8.30. The summed E-state index contributed by atoms with van der Waals surface area (Å²) in [4.78, 5) is 8.25. The molecule has 15 heavy (non-hydrogen) atoms. The summed E-state index contributed by atoms with van der Waals surface area (Å²) in [5, 5.41) is 9.82. The quantitative estimate of drug-likeness (QED) is 0.781. The van der Waals surface area contributed by atoms with E-state index in [1.54, 1.807) is 18.6 Å². The minimum atomic E-state index is -0.153. The van der Waals surface area contributed by atoms with Gasteiger partial charge in [-0.2, -0.15) is 0 Å². The lowest BCUT2D eigenvalue weighted by atomic mass is 10.1. The maximum Gasteiger partial charge on any atom is 0.0885 e. The number of pyridine rings is 2. The van der Waals surface area contributed by atoms with Gasteiger partial charge in [-0.05, 0) is 24.1 Å². The highest BCUT2D eigenvalue weighted by atomic mass is 16.3. The van der Waals surface area contributed by atoms with E-state index in [2.05, 4.69) is 9.97 Å². The van der Waals surface area contributed by atoms with Crippen molar-refractivity contribution in [1.82, 2.24) is 9.97 Å². The Labute approximate surface area is 87.8 Å². The minimum Gasteiger partial charge on any atom is -0.396 e. The molecular weight excluding hydrogens is 190 g/mol. The van der Waals surface area contributed by atoms with Gasteiger partial charge in [0.1, 0.15) is 0 Å². The molecule has 0 saturated heterocycles. The number of aliphatic hydroxyl groups is 1. The SMILES string of the molecule is NC(CCO)c1cnc2cnccc2c1. The first-order chi connectivity index (χ1) is 7.31. The molecule has 2 heterocycles. The third-order valence-electron chi connectivity index (χ3n) is 2.38. The maximum atomic E-state index is 8.80. The summed E-state index contributed by atoms with van der Waals surface area (Å²) in [6.07, 6.45) is 5.74. The second-order valence-corrected chi connectivity index (χ2v) is 3.46. The monoisotopic (exact) mass is 203 g/mol. The van der Waals surface area contributed by atoms with Crippen LogP contribution in [0.1, 0.15) is 18.0 Å². The smallest absolute Gasteiger partial charge is 0.0885 e. The highest BCUT2D eigenvalue weighted by Crippen LogP contribution is 2.17. The first-order valence-electron chi connectivity index (χ1n) is 4.87. The predicted molar refractivity (Wildman–Crippen MR) is 58.2 cm³/mol. The van der Waals surface area contributed by atoms with Gasteiger partial charge in [0, 0.05) is 30.4 Å². The lowest BCUT2D eigenvalue weighted by Crippen LogP contribution is -2.12. The summed E-state index contributed by atoms with van der Waals surface area (Å²) in [6, 6.07) is 3.74. The van der Waals surface area contributed by atoms with Gasteiger partial charge in [-0.25, -0.2) is 0 Å². The fraction of sp³-hybridized carbons (Fsp3) is 0.273. The molecule has 2 aromatic rings. The number of hydrogen-bond acceptors (Lipinski definition) is 4. The molecule has 1 atom stereocenters. The number of aliphatic hydroxyl groups excluding tert-OH is 1. The molecule has 3 N–H and O–H groups in total. The van der Waals surface area contributed by atoms with Crippen molar-refractivity contribution in [3.63, 3.8) is 0 Å². The van der Waals surface area contributed by atoms with Gasteiger partial charge in [0.25, 0.3) is 0 Å². The zero-order valence-corrected chi connectivity index (χ0v) is 8.30. The second kappa shape index (κ2) is 4.33. The fourth-order valence-electron chi connectivity index (χ4n) is 1.50. The van der Waals surface area contributed by atoms with Gasteiger partial charge in [0.2, 0.25) is 0 Å². The van der Waals surface area contributed by atoms with Crippen LogP contribution in [-0.2, 0) is 0 Å². The largest absolute Gasteiger partial charge is 0.396 e. The van der Waals surface area contributed by atoms with E-state index in [0.29, 0.717) is 6.42 Å². The van der Waals surface area contributed by atoms with Crippen molar-refractivity contribution >= 4 is 10.9 Å². The third kappa shape index (κ3) is 2.11. The summed E-state index contributed by atoms with van der Waals surface area (Å²) in [6.45, 7) is 0.0928. The van der Waals surface area contributed by atoms with Gasteiger partial charge in [-0.3, -0.25) is 9.97 Å². The van der Waals surface area contributed by atoms with Crippen molar-refractivity contribution in [1.29, 1.82) is 0 Å². The Kier molecular flexibility index (Phi) is 2.89. The summed E-state index contributed by atoms with van der Waals surface area (Å²) in [5.41, 5.74) is 7.69. The molecule has 1 unspecified atom stereocenters. The summed E-state index contributed by atoms with van der Waals surface area (Å²) >= 11 is 0. The van der Waals surface area contributed by atoms with E-state index in [-0.39, 0.29) is 12.6 Å². The highest BCUT2D eigenvalue weighted by molar-refractivity contribution is 5.77. The Morgan fingerprint density at radius 1 is 1.40 bits per heavy atom. The predicted octanol–water partition coefficient (Wildman–Crippen LogP) is 1.01. The van der Waals surface area contributed by atoms with E-state index in [9.17, 15) is 0 Å². The molecule has 78 valence electrons. The van der Waals surface area contributed by atoms with Crippen LogP contribution in [0, 0.1) is 0 Å². The average molecular weight is 203 g/mol. The van der Waals surface area contributed by atoms with Gasteiger partial charge in [0.15, 0.2) is 0 Å². The van der Waals surface area contributed by atoms with Gasteiger partial charge >= 0.3 is 0 Å². The normalized spacial score (nSPS) is 12.9. The highest BCUT2D eigenvalue weighted by Gasteiger charge is 2.06. The number of aromatic nitrogens is 2. The standard InChI is InChI=1S/C11H13N3O/c12-10(2-4-15)9-5-8-1-3-13-7-11(8)14-6-9/h1,3,5-7,10,15H,2,4,12H2. The number of fused-ring (bicyclic) bond motifs is 1. The Balaban J connectivity index is 2.38. The van der Waals surface area contributed by atoms with Crippen LogP contribution in [0.15, 0.2) is 30.7 Å². The summed E-state index contributed by atoms with van der Waals surface area (Å²) in [7, 11) is 0.